The topological polar surface area (TPSA) is 59.5 Å². The van der Waals surface area contributed by atoms with Crippen LogP contribution in [0.5, 0.6) is 5.19 Å². The van der Waals surface area contributed by atoms with Crippen molar-refractivity contribution in [2.45, 2.75) is 6.92 Å². The Balaban J connectivity index is 1.62. The zero-order valence-corrected chi connectivity index (χ0v) is 13.5. The molecule has 3 aromatic rings. The molecule has 0 unspecified atom stereocenters. The Hall–Kier alpha value is -2.99. The highest BCUT2D eigenvalue weighted by molar-refractivity contribution is 7.20. The number of rotatable bonds is 3. The molecule has 5 nitrogen and oxygen atoms in total. The summed E-state index contributed by atoms with van der Waals surface area (Å²) in [6.45, 7) is 1.90. The van der Waals surface area contributed by atoms with Gasteiger partial charge in [-0.1, -0.05) is 35.6 Å². The summed E-state index contributed by atoms with van der Waals surface area (Å²) < 4.78 is 6.54. The van der Waals surface area contributed by atoms with Gasteiger partial charge >= 0.3 is 5.91 Å². The summed E-state index contributed by atoms with van der Waals surface area (Å²) in [6.07, 6.45) is 1.21. The van der Waals surface area contributed by atoms with Gasteiger partial charge in [0, 0.05) is 0 Å². The molecule has 1 aliphatic heterocycles. The molecule has 0 saturated heterocycles. The van der Waals surface area contributed by atoms with Gasteiger partial charge in [-0.2, -0.15) is 0 Å². The highest BCUT2D eigenvalue weighted by atomic mass is 32.1. The van der Waals surface area contributed by atoms with Crippen molar-refractivity contribution in [2.24, 2.45) is 0 Å². The predicted octanol–water partition coefficient (Wildman–Crippen LogP) is 3.44. The van der Waals surface area contributed by atoms with Crippen LogP contribution in [0.3, 0.4) is 0 Å². The molecule has 0 spiro atoms. The van der Waals surface area contributed by atoms with Gasteiger partial charge in [0.05, 0.1) is 22.0 Å². The number of aryl methyl sites for hydroxylation is 1. The van der Waals surface area contributed by atoms with Crippen LogP contribution < -0.4 is 9.64 Å². The molecule has 2 amide bonds. The number of amides is 2. The van der Waals surface area contributed by atoms with Gasteiger partial charge in [0.25, 0.3) is 11.1 Å². The average molecular weight is 336 g/mol. The molecule has 24 heavy (non-hydrogen) atoms. The minimum absolute atomic E-state index is 0.0134. The molecular weight excluding hydrogens is 324 g/mol. The molecule has 2 heterocycles. The van der Waals surface area contributed by atoms with Crippen molar-refractivity contribution in [1.82, 2.24) is 4.98 Å². The molecule has 4 rings (SSSR count). The van der Waals surface area contributed by atoms with E-state index in [1.165, 1.54) is 17.4 Å². The van der Waals surface area contributed by atoms with Crippen LogP contribution in [-0.4, -0.2) is 16.8 Å². The Morgan fingerprint density at radius 2 is 1.92 bits per heavy atom. The zero-order valence-electron chi connectivity index (χ0n) is 12.7. The van der Waals surface area contributed by atoms with E-state index >= 15 is 0 Å². The minimum Gasteiger partial charge on any atom is -0.425 e. The quantitative estimate of drug-likeness (QED) is 0.688. The van der Waals surface area contributed by atoms with E-state index in [1.54, 1.807) is 18.2 Å². The summed E-state index contributed by atoms with van der Waals surface area (Å²) in [4.78, 5) is 30.2. The number of anilines is 1. The lowest BCUT2D eigenvalue weighted by Gasteiger charge is -2.14. The molecule has 0 fully saturated rings. The third-order valence-corrected chi connectivity index (χ3v) is 4.53. The summed E-state index contributed by atoms with van der Waals surface area (Å²) in [7, 11) is 0. The van der Waals surface area contributed by atoms with Crippen molar-refractivity contribution >= 4 is 39.1 Å². The number of thiazole rings is 1. The SMILES string of the molecule is Cc1cccc(N2C(=O)C=C(Oc3nc4ccccc4s3)C2=O)c1. The van der Waals surface area contributed by atoms with Crippen molar-refractivity contribution in [2.75, 3.05) is 4.90 Å². The zero-order chi connectivity index (χ0) is 16.7. The number of fused-ring (bicyclic) bond motifs is 1. The first-order valence-corrected chi connectivity index (χ1v) is 8.14. The Morgan fingerprint density at radius 3 is 2.71 bits per heavy atom. The van der Waals surface area contributed by atoms with E-state index in [1.807, 2.05) is 37.3 Å². The second-order valence-electron chi connectivity index (χ2n) is 5.38. The maximum Gasteiger partial charge on any atom is 0.301 e. The van der Waals surface area contributed by atoms with Crippen molar-refractivity contribution in [3.63, 3.8) is 0 Å². The first kappa shape index (κ1) is 14.6. The Bertz CT molecular complexity index is 973. The number of hydrogen-bond donors (Lipinski definition) is 0. The first-order chi connectivity index (χ1) is 11.6. The van der Waals surface area contributed by atoms with Gasteiger partial charge in [-0.3, -0.25) is 9.59 Å². The van der Waals surface area contributed by atoms with E-state index in [4.69, 9.17) is 4.74 Å². The number of carbonyl (C=O) groups excluding carboxylic acids is 2. The number of imide groups is 1. The number of benzene rings is 2. The van der Waals surface area contributed by atoms with Crippen LogP contribution >= 0.6 is 11.3 Å². The van der Waals surface area contributed by atoms with Gasteiger partial charge in [-0.15, -0.1) is 0 Å². The highest BCUT2D eigenvalue weighted by Crippen LogP contribution is 2.31. The number of nitrogens with zero attached hydrogens (tertiary/aromatic N) is 2. The third-order valence-electron chi connectivity index (χ3n) is 3.62. The van der Waals surface area contributed by atoms with E-state index < -0.39 is 11.8 Å². The van der Waals surface area contributed by atoms with E-state index in [9.17, 15) is 9.59 Å². The van der Waals surface area contributed by atoms with Gasteiger partial charge in [-0.05, 0) is 36.8 Å². The lowest BCUT2D eigenvalue weighted by Crippen LogP contribution is -2.31. The number of aromatic nitrogens is 1. The number of ether oxygens (including phenoxy) is 1. The summed E-state index contributed by atoms with van der Waals surface area (Å²) in [5.74, 6) is -0.910. The monoisotopic (exact) mass is 336 g/mol. The van der Waals surface area contributed by atoms with Gasteiger partial charge in [0.15, 0.2) is 0 Å². The van der Waals surface area contributed by atoms with Crippen molar-refractivity contribution < 1.29 is 14.3 Å². The smallest absolute Gasteiger partial charge is 0.301 e. The molecule has 0 N–H and O–H groups in total. The van der Waals surface area contributed by atoms with Gasteiger partial charge < -0.3 is 4.74 Å². The second-order valence-corrected chi connectivity index (χ2v) is 6.37. The van der Waals surface area contributed by atoms with Crippen LogP contribution in [0.15, 0.2) is 60.4 Å². The van der Waals surface area contributed by atoms with Crippen molar-refractivity contribution in [3.05, 3.63) is 65.9 Å². The van der Waals surface area contributed by atoms with Crippen LogP contribution in [0.25, 0.3) is 10.2 Å². The Morgan fingerprint density at radius 1 is 1.08 bits per heavy atom. The summed E-state index contributed by atoms with van der Waals surface area (Å²) in [5.41, 5.74) is 2.29. The highest BCUT2D eigenvalue weighted by Gasteiger charge is 2.34. The molecule has 6 heteroatoms. The van der Waals surface area contributed by atoms with Crippen LogP contribution in [0.2, 0.25) is 0 Å². The fourth-order valence-electron chi connectivity index (χ4n) is 2.52. The van der Waals surface area contributed by atoms with E-state index in [0.717, 1.165) is 20.7 Å². The molecular formula is C18H12N2O3S. The molecule has 1 aromatic heterocycles. The van der Waals surface area contributed by atoms with Crippen LogP contribution in [0.1, 0.15) is 5.56 Å². The van der Waals surface area contributed by atoms with Gasteiger partial charge in [0.1, 0.15) is 0 Å². The molecule has 0 aliphatic carbocycles. The normalized spacial score (nSPS) is 14.4. The van der Waals surface area contributed by atoms with Crippen molar-refractivity contribution in [3.8, 4) is 5.19 Å². The molecule has 118 valence electrons. The van der Waals surface area contributed by atoms with Crippen LogP contribution in [0, 0.1) is 6.92 Å². The van der Waals surface area contributed by atoms with Crippen LogP contribution in [-0.2, 0) is 9.59 Å². The minimum atomic E-state index is -0.482. The first-order valence-electron chi connectivity index (χ1n) is 7.32. The van der Waals surface area contributed by atoms with E-state index in [-0.39, 0.29) is 5.76 Å². The van der Waals surface area contributed by atoms with Gasteiger partial charge in [-0.25, -0.2) is 9.88 Å². The molecule has 1 aliphatic rings. The van der Waals surface area contributed by atoms with Crippen LogP contribution in [0.4, 0.5) is 5.69 Å². The fraction of sp³-hybridized carbons (Fsp3) is 0.0556. The van der Waals surface area contributed by atoms with E-state index in [0.29, 0.717) is 10.9 Å². The summed E-state index contributed by atoms with van der Waals surface area (Å²) >= 11 is 1.33. The molecule has 0 atom stereocenters. The Labute approximate surface area is 141 Å². The predicted molar refractivity (Wildman–Crippen MR) is 92.0 cm³/mol. The summed E-state index contributed by atoms with van der Waals surface area (Å²) in [6, 6.07) is 14.8. The van der Waals surface area contributed by atoms with Crippen molar-refractivity contribution in [1.29, 1.82) is 0 Å². The Kier molecular flexibility index (Phi) is 3.39. The van der Waals surface area contributed by atoms with Gasteiger partial charge in [0.2, 0.25) is 5.76 Å². The molecule has 0 saturated carbocycles. The standard InChI is InChI=1S/C18H12N2O3S/c1-11-5-4-6-12(9-11)20-16(21)10-14(17(20)22)23-18-19-13-7-2-3-8-15(13)24-18/h2-10H,1H3. The summed E-state index contributed by atoms with van der Waals surface area (Å²) in [5, 5.41) is 0.342. The lowest BCUT2D eigenvalue weighted by atomic mass is 10.2. The number of para-hydroxylation sites is 1. The molecule has 0 radical (unpaired) electrons. The van der Waals surface area contributed by atoms with E-state index in [2.05, 4.69) is 4.98 Å². The largest absolute Gasteiger partial charge is 0.425 e. The maximum absolute atomic E-state index is 12.5. The maximum atomic E-state index is 12.5. The molecule has 0 bridgehead atoms. The third kappa shape index (κ3) is 2.47. The molecule has 2 aromatic carbocycles. The number of hydrogen-bond acceptors (Lipinski definition) is 5. The second kappa shape index (κ2) is 5.58. The lowest BCUT2D eigenvalue weighted by molar-refractivity contribution is -0.121. The fourth-order valence-corrected chi connectivity index (χ4v) is 3.35. The number of carbonyl (C=O) groups is 2. The average Bonchev–Trinajstić information content (AvgIpc) is 3.08.